The second-order valence-corrected chi connectivity index (χ2v) is 10.2. The van der Waals surface area contributed by atoms with Crippen molar-refractivity contribution in [3.63, 3.8) is 0 Å². The Hall–Kier alpha value is -4.11. The molecule has 15 heteroatoms. The van der Waals surface area contributed by atoms with Crippen molar-refractivity contribution in [3.05, 3.63) is 72.2 Å². The topological polar surface area (TPSA) is 108 Å². The highest BCUT2D eigenvalue weighted by Gasteiger charge is 2.45. The number of carbonyl (C=O) groups is 2. The van der Waals surface area contributed by atoms with E-state index in [0.29, 0.717) is 0 Å². The molecule has 2 N–H and O–H groups in total. The maximum atomic E-state index is 10.6. The predicted molar refractivity (Wildman–Crippen MR) is 147 cm³/mol. The number of hydrogen-bond donors (Lipinski definition) is 2. The van der Waals surface area contributed by atoms with E-state index in [9.17, 15) is 26.3 Å². The smallest absolute Gasteiger partial charge is 0.490 e. The van der Waals surface area contributed by atoms with E-state index in [4.69, 9.17) is 29.5 Å². The Bertz CT molecular complexity index is 1360. The lowest BCUT2D eigenvalue weighted by Gasteiger charge is -2.49. The SMILES string of the molecule is COc1ccc(CN2CCC3(CC2)c2ncc(-c4ccccc4)n2CCN3C)cc1.O=C(O)C(F)(F)F.O=C(O)C(F)(F)F. The average molecular weight is 631 g/mol. The largest absolute Gasteiger partial charge is 0.497 e. The zero-order valence-corrected chi connectivity index (χ0v) is 23.9. The minimum atomic E-state index is -5.08. The van der Waals surface area contributed by atoms with E-state index in [1.165, 1.54) is 22.6 Å². The average Bonchev–Trinajstić information content (AvgIpc) is 3.42. The van der Waals surface area contributed by atoms with Crippen molar-refractivity contribution in [2.45, 2.75) is 43.8 Å². The van der Waals surface area contributed by atoms with Crippen LogP contribution in [0.15, 0.2) is 60.8 Å². The van der Waals surface area contributed by atoms with Crippen LogP contribution in [0.2, 0.25) is 0 Å². The summed E-state index contributed by atoms with van der Waals surface area (Å²) in [5.74, 6) is -3.35. The predicted octanol–water partition coefficient (Wildman–Crippen LogP) is 5.26. The number of alkyl halides is 6. The summed E-state index contributed by atoms with van der Waals surface area (Å²) in [6.45, 7) is 5.25. The zero-order valence-electron chi connectivity index (χ0n) is 23.9. The van der Waals surface area contributed by atoms with Gasteiger partial charge in [0.2, 0.25) is 0 Å². The van der Waals surface area contributed by atoms with Crippen molar-refractivity contribution in [2.75, 3.05) is 33.8 Å². The van der Waals surface area contributed by atoms with Crippen LogP contribution in [0.5, 0.6) is 5.75 Å². The summed E-state index contributed by atoms with van der Waals surface area (Å²) >= 11 is 0. The number of likely N-dealkylation sites (N-methyl/N-ethyl adjacent to an activating group) is 1. The van der Waals surface area contributed by atoms with Crippen molar-refractivity contribution in [3.8, 4) is 17.0 Å². The number of rotatable bonds is 4. The molecule has 0 aliphatic carbocycles. The molecule has 240 valence electrons. The van der Waals surface area contributed by atoms with Crippen molar-refractivity contribution < 1.29 is 50.9 Å². The van der Waals surface area contributed by atoms with Crippen LogP contribution in [0.4, 0.5) is 26.3 Å². The Morgan fingerprint density at radius 2 is 1.39 bits per heavy atom. The second-order valence-electron chi connectivity index (χ2n) is 10.2. The van der Waals surface area contributed by atoms with Crippen LogP contribution >= 0.6 is 0 Å². The molecule has 9 nitrogen and oxygen atoms in total. The first-order chi connectivity index (χ1) is 20.6. The van der Waals surface area contributed by atoms with Crippen LogP contribution in [-0.2, 0) is 28.2 Å². The number of imidazole rings is 1. The highest BCUT2D eigenvalue weighted by Crippen LogP contribution is 2.41. The van der Waals surface area contributed by atoms with Crippen LogP contribution in [-0.4, -0.2) is 87.6 Å². The molecule has 1 saturated heterocycles. The molecule has 5 rings (SSSR count). The van der Waals surface area contributed by atoms with Gasteiger partial charge in [0.1, 0.15) is 11.6 Å². The summed E-state index contributed by atoms with van der Waals surface area (Å²) in [4.78, 5) is 27.9. The maximum Gasteiger partial charge on any atom is 0.490 e. The van der Waals surface area contributed by atoms with E-state index < -0.39 is 24.3 Å². The lowest BCUT2D eigenvalue weighted by atomic mass is 9.83. The number of piperidine rings is 1. The van der Waals surface area contributed by atoms with E-state index >= 15 is 0 Å². The first kappa shape index (κ1) is 34.4. The molecule has 0 radical (unpaired) electrons. The van der Waals surface area contributed by atoms with Gasteiger partial charge in [0.05, 0.1) is 24.5 Å². The van der Waals surface area contributed by atoms with Gasteiger partial charge in [-0.15, -0.1) is 0 Å². The van der Waals surface area contributed by atoms with E-state index in [-0.39, 0.29) is 5.54 Å². The van der Waals surface area contributed by atoms with Crippen LogP contribution in [0.25, 0.3) is 11.3 Å². The summed E-state index contributed by atoms with van der Waals surface area (Å²) in [5, 5.41) is 14.2. The molecule has 0 atom stereocenters. The molecule has 3 heterocycles. The Morgan fingerprint density at radius 1 is 0.864 bits per heavy atom. The van der Waals surface area contributed by atoms with Crippen molar-refractivity contribution in [1.29, 1.82) is 0 Å². The molecule has 2 aliphatic rings. The number of carboxylic acids is 2. The number of methoxy groups -OCH3 is 1. The number of halogens is 6. The van der Waals surface area contributed by atoms with Gasteiger partial charge in [-0.1, -0.05) is 42.5 Å². The third-order valence-corrected chi connectivity index (χ3v) is 7.46. The summed E-state index contributed by atoms with van der Waals surface area (Å²) in [7, 11) is 3.99. The number of fused-ring (bicyclic) bond motifs is 2. The number of carboxylic acid groups (broad SMARTS) is 2. The molecule has 1 aromatic heterocycles. The monoisotopic (exact) mass is 630 g/mol. The lowest BCUT2D eigenvalue weighted by Crippen LogP contribution is -2.56. The molecule has 0 saturated carbocycles. The molecule has 1 spiro atoms. The first-order valence-electron chi connectivity index (χ1n) is 13.4. The van der Waals surface area contributed by atoms with Gasteiger partial charge < -0.3 is 19.5 Å². The zero-order chi connectivity index (χ0) is 32.7. The van der Waals surface area contributed by atoms with Gasteiger partial charge in [-0.25, -0.2) is 14.6 Å². The van der Waals surface area contributed by atoms with E-state index in [2.05, 4.69) is 82.2 Å². The minimum Gasteiger partial charge on any atom is -0.497 e. The Balaban J connectivity index is 0.000000317. The molecule has 0 unspecified atom stereocenters. The number of hydrogen-bond acceptors (Lipinski definition) is 6. The molecular formula is C29H32F6N4O5. The molecule has 2 aromatic carbocycles. The standard InChI is InChI=1S/C25H30N4O.2C2HF3O2/c1-27-16-17-29-23(21-6-4-3-5-7-21)18-26-24(29)25(27)12-14-28(15-13-25)19-20-8-10-22(30-2)11-9-20;2*3-2(4,5)1(6)7/h3-11,18H,12-17,19H2,1-2H3;2*(H,6,7). The fraction of sp³-hybridized carbons (Fsp3) is 0.414. The van der Waals surface area contributed by atoms with Crippen molar-refractivity contribution >= 4 is 11.9 Å². The Morgan fingerprint density at radius 3 is 1.86 bits per heavy atom. The summed E-state index contributed by atoms with van der Waals surface area (Å²) < 4.78 is 71.2. The quantitative estimate of drug-likeness (QED) is 0.376. The Kier molecular flexibility index (Phi) is 11.0. The normalized spacial score (nSPS) is 16.5. The fourth-order valence-corrected chi connectivity index (χ4v) is 5.12. The van der Waals surface area contributed by atoms with Crippen molar-refractivity contribution in [1.82, 2.24) is 19.4 Å². The molecule has 0 bridgehead atoms. The van der Waals surface area contributed by atoms with Crippen LogP contribution in [0.1, 0.15) is 24.2 Å². The fourth-order valence-electron chi connectivity index (χ4n) is 5.12. The maximum absolute atomic E-state index is 10.6. The highest BCUT2D eigenvalue weighted by molar-refractivity contribution is 5.73. The number of aliphatic carboxylic acids is 2. The molecule has 0 amide bonds. The van der Waals surface area contributed by atoms with Gasteiger partial charge in [-0.3, -0.25) is 9.80 Å². The van der Waals surface area contributed by atoms with Gasteiger partial charge in [-0.2, -0.15) is 26.3 Å². The van der Waals surface area contributed by atoms with E-state index in [1.54, 1.807) is 7.11 Å². The summed E-state index contributed by atoms with van der Waals surface area (Å²) in [6.07, 6.45) is -5.86. The third-order valence-electron chi connectivity index (χ3n) is 7.46. The molecule has 3 aromatic rings. The number of nitrogens with zero attached hydrogens (tertiary/aromatic N) is 4. The van der Waals surface area contributed by atoms with Gasteiger partial charge in [-0.05, 0) is 43.1 Å². The van der Waals surface area contributed by atoms with Gasteiger partial charge in [0.15, 0.2) is 0 Å². The van der Waals surface area contributed by atoms with Crippen LogP contribution in [0, 0.1) is 0 Å². The third kappa shape index (κ3) is 8.50. The number of benzene rings is 2. The van der Waals surface area contributed by atoms with Crippen molar-refractivity contribution in [2.24, 2.45) is 0 Å². The number of aromatic nitrogens is 2. The van der Waals surface area contributed by atoms with Gasteiger partial charge in [0, 0.05) is 32.7 Å². The van der Waals surface area contributed by atoms with Crippen LogP contribution in [0.3, 0.4) is 0 Å². The summed E-state index contributed by atoms with van der Waals surface area (Å²) in [5.41, 5.74) is 3.89. The van der Waals surface area contributed by atoms with E-state index in [0.717, 1.165) is 51.3 Å². The second kappa shape index (κ2) is 14.1. The molecular weight excluding hydrogens is 598 g/mol. The number of likely N-dealkylation sites (tertiary alicyclic amines) is 1. The molecule has 44 heavy (non-hydrogen) atoms. The van der Waals surface area contributed by atoms with E-state index in [1.807, 2.05) is 0 Å². The molecule has 2 aliphatic heterocycles. The van der Waals surface area contributed by atoms with Gasteiger partial charge >= 0.3 is 24.3 Å². The number of ether oxygens (including phenoxy) is 1. The summed E-state index contributed by atoms with van der Waals surface area (Å²) in [6, 6.07) is 19.1. The first-order valence-corrected chi connectivity index (χ1v) is 13.4. The minimum absolute atomic E-state index is 0.0433. The lowest BCUT2D eigenvalue weighted by molar-refractivity contribution is -0.193. The molecule has 1 fully saturated rings. The highest BCUT2D eigenvalue weighted by atomic mass is 19.4. The Labute approximate surface area is 249 Å². The van der Waals surface area contributed by atoms with Crippen LogP contribution < -0.4 is 4.74 Å². The van der Waals surface area contributed by atoms with Gasteiger partial charge in [0.25, 0.3) is 0 Å².